The summed E-state index contributed by atoms with van der Waals surface area (Å²) in [5.74, 6) is 35.9. The first-order valence-corrected chi connectivity index (χ1v) is 9.16. The van der Waals surface area contributed by atoms with E-state index in [0.29, 0.717) is 0 Å². The van der Waals surface area contributed by atoms with Crippen LogP contribution in [0.4, 0.5) is 17.6 Å². The van der Waals surface area contributed by atoms with Gasteiger partial charge < -0.3 is 10.1 Å². The zero-order valence-electron chi connectivity index (χ0n) is 18.4. The van der Waals surface area contributed by atoms with Crippen LogP contribution < -0.4 is 10.1 Å². The van der Waals surface area contributed by atoms with E-state index < -0.39 is 40.5 Å². The first kappa shape index (κ1) is 28.4. The Morgan fingerprint density at radius 1 is 0.622 bits per heavy atom. The normalized spacial score (nSPS) is 6.59. The second-order valence-corrected chi connectivity index (χ2v) is 5.26. The molecule has 0 heterocycles. The lowest BCUT2D eigenvalue weighted by molar-refractivity contribution is 0.0952. The molecule has 1 rings (SSSR count). The topological polar surface area (TPSA) is 38.3 Å². The zero-order valence-corrected chi connectivity index (χ0v) is 18.4. The Balaban J connectivity index is -0.0000000311. The van der Waals surface area contributed by atoms with E-state index in [2.05, 4.69) is 117 Å². The van der Waals surface area contributed by atoms with E-state index >= 15 is 0 Å². The molecule has 0 aromatic heterocycles. The van der Waals surface area contributed by atoms with E-state index in [4.69, 9.17) is 6.42 Å². The number of carbonyl (C=O) groups excluding carboxylic acids is 1. The Hall–Kier alpha value is -6.63. The van der Waals surface area contributed by atoms with Gasteiger partial charge in [-0.1, -0.05) is 0 Å². The molecular weight excluding hydrogens is 482 g/mol. The number of nitrogens with one attached hydrogen (secondary N) is 1. The van der Waals surface area contributed by atoms with E-state index in [9.17, 15) is 22.4 Å². The van der Waals surface area contributed by atoms with Gasteiger partial charge in [-0.05, 0) is 47.4 Å². The molecule has 0 spiro atoms. The Bertz CT molecular complexity index is 1840. The molecule has 37 heavy (non-hydrogen) atoms. The van der Waals surface area contributed by atoms with Gasteiger partial charge in [0.05, 0.1) is 0 Å². The number of ether oxygens (including phenoxy) is 1. The van der Waals surface area contributed by atoms with Crippen LogP contribution in [0.1, 0.15) is 41.7 Å². The highest BCUT2D eigenvalue weighted by atomic mass is 19.2. The van der Waals surface area contributed by atoms with E-state index in [-0.39, 0.29) is 31.4 Å². The van der Waals surface area contributed by atoms with Gasteiger partial charge in [-0.15, -0.1) is 6.42 Å². The van der Waals surface area contributed by atoms with Crippen molar-refractivity contribution in [2.45, 2.75) is 0 Å². The summed E-state index contributed by atoms with van der Waals surface area (Å²) in [6.07, 6.45) is 6.64. The number of carbonyl (C=O) groups is 1. The minimum Gasteiger partial charge on any atom is -0.400 e. The van der Waals surface area contributed by atoms with Crippen LogP contribution in [-0.2, 0) is 0 Å². The third-order valence-corrected chi connectivity index (χ3v) is 3.08. The molecule has 0 aliphatic carbocycles. The van der Waals surface area contributed by atoms with Crippen molar-refractivity contribution in [1.29, 1.82) is 0 Å². The van der Waals surface area contributed by atoms with Crippen LogP contribution in [0.2, 0.25) is 0 Å². The molecular formula is C30H49F4NO2. The van der Waals surface area contributed by atoms with Crippen LogP contribution in [0.5, 0.6) is 5.75 Å². The summed E-state index contributed by atoms with van der Waals surface area (Å²) in [6.45, 7) is 0. The van der Waals surface area contributed by atoms with E-state index in [1.165, 1.54) is 0 Å². The third-order valence-electron chi connectivity index (χ3n) is 3.08. The van der Waals surface area contributed by atoms with Gasteiger partial charge in [0.25, 0.3) is 5.91 Å². The molecule has 214 valence electrons. The average molecular weight is 532 g/mol. The average Bonchev–Trinajstić information content (AvgIpc) is 2.90. The molecule has 0 aliphatic rings. The maximum Gasteiger partial charge on any atom is 0.257 e. The number of hydrogen-bond acceptors (Lipinski definition) is 2. The van der Waals surface area contributed by atoms with Crippen LogP contribution in [-0.4, -0.2) is 13.0 Å². The van der Waals surface area contributed by atoms with Crippen molar-refractivity contribution in [3.63, 3.8) is 0 Å². The second kappa shape index (κ2) is 16.9. The maximum absolute atomic E-state index is 13.9. The monoisotopic (exact) mass is 531 g/mol. The van der Waals surface area contributed by atoms with E-state index in [0.717, 1.165) is 7.05 Å². The van der Waals surface area contributed by atoms with Gasteiger partial charge in [-0.2, -0.15) is 8.78 Å². The summed E-state index contributed by atoms with van der Waals surface area (Å²) in [5, 5.41) is 1.85. The lowest BCUT2D eigenvalue weighted by Gasteiger charge is -2.08. The molecule has 7 heteroatoms. The van der Waals surface area contributed by atoms with Crippen molar-refractivity contribution >= 4 is 5.91 Å². The maximum atomic E-state index is 13.9. The summed E-state index contributed by atoms with van der Waals surface area (Å²) in [5.41, 5.74) is -1.43. The first-order chi connectivity index (χ1) is 18.0. The van der Waals surface area contributed by atoms with Crippen LogP contribution in [0.25, 0.3) is 0 Å². The highest BCUT2D eigenvalue weighted by molar-refractivity contribution is 5.94. The summed E-state index contributed by atoms with van der Waals surface area (Å²) in [7, 11) is 1.03. The molecule has 0 saturated carbocycles. The van der Waals surface area contributed by atoms with Gasteiger partial charge in [-0.25, -0.2) is 8.78 Å². The van der Waals surface area contributed by atoms with Crippen molar-refractivity contribution in [2.75, 3.05) is 7.05 Å². The fourth-order valence-corrected chi connectivity index (χ4v) is 1.69. The largest absolute Gasteiger partial charge is 0.400 e. The summed E-state index contributed by atoms with van der Waals surface area (Å²) in [6, 6.07) is 0. The number of amides is 1. The van der Waals surface area contributed by atoms with Gasteiger partial charge in [0, 0.05) is 109 Å². The molecule has 1 aromatic carbocycles. The first-order valence-electron chi connectivity index (χ1n) is 9.16. The Labute approximate surface area is 243 Å². The van der Waals surface area contributed by atoms with Crippen molar-refractivity contribution in [1.82, 2.24) is 5.32 Å². The van der Waals surface area contributed by atoms with Gasteiger partial charge in [0.1, 0.15) is 11.7 Å². The zero-order chi connectivity index (χ0) is 27.3. The lowest BCUT2D eigenvalue weighted by Crippen LogP contribution is -2.22. The predicted molar refractivity (Wildman–Crippen MR) is 173 cm³/mol. The molecule has 0 fully saturated rings. The highest BCUT2D eigenvalue weighted by Gasteiger charge is 2.30. The molecule has 1 aromatic rings. The van der Waals surface area contributed by atoms with Crippen LogP contribution in [0.15, 0.2) is 0 Å². The molecule has 0 unspecified atom stereocenters. The Morgan fingerprint density at radius 2 is 0.946 bits per heavy atom. The van der Waals surface area contributed by atoms with E-state index in [1.807, 2.05) is 11.2 Å². The standard InChI is InChI=1S/C30H5F4NO2.22H2/c1-3-4-5-6-7-8-9-10-11-12-13-14-15-16-17-18-19-20-21-22-23-37-29-27(33)25(31)24(30(36)35-2)26(32)28(29)34;;;;;;;;;;;;;;;;;;;;;;/h1H,2H3,(H,35,36);22*1H. The number of rotatable bonds is 2. The Morgan fingerprint density at radius 3 is 1.27 bits per heavy atom. The number of terminal acetylenes is 1. The fourth-order valence-electron chi connectivity index (χ4n) is 1.69. The summed E-state index contributed by atoms with van der Waals surface area (Å²) >= 11 is 0. The smallest absolute Gasteiger partial charge is 0.257 e. The van der Waals surface area contributed by atoms with Crippen molar-refractivity contribution in [3.05, 3.63) is 28.8 Å². The highest BCUT2D eigenvalue weighted by Crippen LogP contribution is 2.29. The van der Waals surface area contributed by atoms with Gasteiger partial charge in [0.15, 0.2) is 11.6 Å². The lowest BCUT2D eigenvalue weighted by atomic mass is 10.1. The van der Waals surface area contributed by atoms with Crippen molar-refractivity contribution in [3.8, 4) is 137 Å². The van der Waals surface area contributed by atoms with Crippen molar-refractivity contribution in [2.24, 2.45) is 0 Å². The minimum atomic E-state index is -1.94. The molecule has 3 nitrogen and oxygen atoms in total. The molecule has 1 amide bonds. The summed E-state index contributed by atoms with van der Waals surface area (Å²) < 4.78 is 59.8. The third kappa shape index (κ3) is 10.2. The Kier molecular flexibility index (Phi) is 13.0. The second-order valence-electron chi connectivity index (χ2n) is 5.26. The summed E-state index contributed by atoms with van der Waals surface area (Å²) in [4.78, 5) is 11.4. The molecule has 1 N–H and O–H groups in total. The van der Waals surface area contributed by atoms with Gasteiger partial charge in [-0.3, -0.25) is 4.79 Å². The van der Waals surface area contributed by atoms with E-state index in [1.54, 1.807) is 6.11 Å². The molecule has 0 bridgehead atoms. The van der Waals surface area contributed by atoms with Crippen molar-refractivity contribution < 1.29 is 58.5 Å². The van der Waals surface area contributed by atoms with Crippen LogP contribution >= 0.6 is 0 Å². The van der Waals surface area contributed by atoms with Crippen LogP contribution in [0, 0.1) is 154 Å². The number of benzene rings is 1. The van der Waals surface area contributed by atoms with Gasteiger partial charge >= 0.3 is 0 Å². The van der Waals surface area contributed by atoms with Crippen LogP contribution in [0.3, 0.4) is 0 Å². The molecule has 0 saturated heterocycles. The molecule has 0 aliphatic heterocycles. The quantitative estimate of drug-likeness (QED) is 0.253. The minimum absolute atomic E-state index is 0. The SMILES string of the molecule is C#CC#CC#CC#CC#CC#CC#CC#CC#CC#CC#COc1c(F)c(F)c(C(=O)NC)c(F)c1F.[HH].[HH].[HH].[HH].[HH].[HH].[HH].[HH].[HH].[HH].[HH].[HH].[HH].[HH].[HH].[HH].[HH].[HH].[HH].[HH].[HH].[HH]. The van der Waals surface area contributed by atoms with Gasteiger partial charge in [0.2, 0.25) is 17.4 Å². The number of halogens is 4. The number of hydrogen-bond donors (Lipinski definition) is 1. The molecule has 0 radical (unpaired) electrons. The predicted octanol–water partition coefficient (Wildman–Crippen LogP) is 7.02. The molecule has 0 atom stereocenters. The fraction of sp³-hybridized carbons (Fsp3) is 0.0333.